The van der Waals surface area contributed by atoms with Crippen molar-refractivity contribution in [1.82, 2.24) is 0 Å². The summed E-state index contributed by atoms with van der Waals surface area (Å²) in [5.41, 5.74) is 0. The Morgan fingerprint density at radius 3 is 2.20 bits per heavy atom. The molecule has 0 aromatic heterocycles. The van der Waals surface area contributed by atoms with Gasteiger partial charge < -0.3 is 4.43 Å². The predicted octanol–water partition coefficient (Wildman–Crippen LogP) is 1.48. The monoisotopic (exact) mass is 158 g/mol. The van der Waals surface area contributed by atoms with E-state index in [1.807, 2.05) is 6.92 Å². The van der Waals surface area contributed by atoms with Crippen LogP contribution in [-0.4, -0.2) is 14.8 Å². The molecule has 0 amide bonds. The number of hydrogen-bond donors (Lipinski definition) is 0. The number of ketones is 1. The van der Waals surface area contributed by atoms with Gasteiger partial charge in [-0.3, -0.25) is 4.79 Å². The highest BCUT2D eigenvalue weighted by molar-refractivity contribution is 6.48. The van der Waals surface area contributed by atoms with Gasteiger partial charge >= 0.3 is 0 Å². The molecule has 0 aliphatic rings. The van der Waals surface area contributed by atoms with Crippen molar-refractivity contribution in [3.8, 4) is 0 Å². The van der Waals surface area contributed by atoms with Gasteiger partial charge in [0, 0.05) is 6.08 Å². The number of carbonyl (C=O) groups excluding carboxylic acids is 1. The normalized spacial score (nSPS) is 11.9. The Bertz CT molecular complexity index is 150. The molecule has 0 aromatic rings. The Balaban J connectivity index is 3.83. The first-order valence-electron chi connectivity index (χ1n) is 3.38. The van der Waals surface area contributed by atoms with Gasteiger partial charge in [0.2, 0.25) is 9.04 Å². The first kappa shape index (κ1) is 9.43. The smallest absolute Gasteiger partial charge is 0.229 e. The highest BCUT2D eigenvalue weighted by atomic mass is 28.3. The largest absolute Gasteiger partial charge is 0.550 e. The second-order valence-electron chi connectivity index (χ2n) is 2.53. The van der Waals surface area contributed by atoms with Crippen molar-refractivity contribution < 1.29 is 9.22 Å². The maximum Gasteiger partial charge on any atom is 0.229 e. The standard InChI is InChI=1S/C7H14O2Si/c1-6(8)5-7(2)9-10(3)4/h5,10H,1-4H3/b7-5-. The van der Waals surface area contributed by atoms with Crippen LogP contribution >= 0.6 is 0 Å². The SMILES string of the molecule is CC(=O)/C=C(/C)O[SiH](C)C. The third-order valence-electron chi connectivity index (χ3n) is 0.828. The molecule has 0 saturated heterocycles. The molecule has 3 heteroatoms. The molecule has 2 nitrogen and oxygen atoms in total. The molecule has 0 aliphatic heterocycles. The lowest BCUT2D eigenvalue weighted by Crippen LogP contribution is -2.06. The van der Waals surface area contributed by atoms with Crippen molar-refractivity contribution in [3.63, 3.8) is 0 Å². The minimum absolute atomic E-state index is 0.0483. The topological polar surface area (TPSA) is 26.3 Å². The second-order valence-corrected chi connectivity index (χ2v) is 4.87. The van der Waals surface area contributed by atoms with Crippen LogP contribution in [0.1, 0.15) is 13.8 Å². The van der Waals surface area contributed by atoms with E-state index in [-0.39, 0.29) is 5.78 Å². The second kappa shape index (κ2) is 4.28. The molecule has 58 valence electrons. The Hall–Kier alpha value is -0.573. The van der Waals surface area contributed by atoms with E-state index in [1.54, 1.807) is 0 Å². The van der Waals surface area contributed by atoms with E-state index in [9.17, 15) is 4.79 Å². The molecular weight excluding hydrogens is 144 g/mol. The van der Waals surface area contributed by atoms with E-state index in [0.717, 1.165) is 5.76 Å². The van der Waals surface area contributed by atoms with Crippen molar-refractivity contribution in [2.75, 3.05) is 0 Å². The molecule has 0 atom stereocenters. The average molecular weight is 158 g/mol. The van der Waals surface area contributed by atoms with E-state index in [0.29, 0.717) is 0 Å². The Morgan fingerprint density at radius 1 is 1.40 bits per heavy atom. The Kier molecular flexibility index (Phi) is 4.03. The van der Waals surface area contributed by atoms with E-state index in [2.05, 4.69) is 13.1 Å². The van der Waals surface area contributed by atoms with Gasteiger partial charge in [-0.2, -0.15) is 0 Å². The Morgan fingerprint density at radius 2 is 1.90 bits per heavy atom. The summed E-state index contributed by atoms with van der Waals surface area (Å²) in [6.07, 6.45) is 1.52. The zero-order valence-electron chi connectivity index (χ0n) is 6.97. The maximum atomic E-state index is 10.5. The first-order valence-corrected chi connectivity index (χ1v) is 6.16. The number of hydrogen-bond acceptors (Lipinski definition) is 2. The molecule has 0 bridgehead atoms. The average Bonchev–Trinajstić information content (AvgIpc) is 1.58. The van der Waals surface area contributed by atoms with E-state index < -0.39 is 9.04 Å². The summed E-state index contributed by atoms with van der Waals surface area (Å²) < 4.78 is 5.34. The summed E-state index contributed by atoms with van der Waals surface area (Å²) in [7, 11) is -1.01. The van der Waals surface area contributed by atoms with Crippen LogP contribution in [0, 0.1) is 0 Å². The summed E-state index contributed by atoms with van der Waals surface area (Å²) >= 11 is 0. The molecule has 0 heterocycles. The van der Waals surface area contributed by atoms with Crippen LogP contribution in [0.5, 0.6) is 0 Å². The summed E-state index contributed by atoms with van der Waals surface area (Å²) in [4.78, 5) is 10.5. The highest BCUT2D eigenvalue weighted by Gasteiger charge is 1.97. The lowest BCUT2D eigenvalue weighted by Gasteiger charge is -2.07. The van der Waals surface area contributed by atoms with E-state index in [4.69, 9.17) is 4.43 Å². The van der Waals surface area contributed by atoms with Gasteiger partial charge in [-0.1, -0.05) is 0 Å². The van der Waals surface area contributed by atoms with Crippen molar-refractivity contribution in [1.29, 1.82) is 0 Å². The van der Waals surface area contributed by atoms with Crippen molar-refractivity contribution in [3.05, 3.63) is 11.8 Å². The van der Waals surface area contributed by atoms with Gasteiger partial charge in [-0.25, -0.2) is 0 Å². The van der Waals surface area contributed by atoms with Crippen LogP contribution < -0.4 is 0 Å². The molecular formula is C7H14O2Si. The fourth-order valence-corrected chi connectivity index (χ4v) is 1.50. The van der Waals surface area contributed by atoms with Gasteiger partial charge in [0.25, 0.3) is 0 Å². The molecule has 0 rings (SSSR count). The van der Waals surface area contributed by atoms with Gasteiger partial charge in [0.15, 0.2) is 5.78 Å². The third-order valence-corrected chi connectivity index (χ3v) is 1.67. The zero-order chi connectivity index (χ0) is 8.15. The van der Waals surface area contributed by atoms with Crippen molar-refractivity contribution in [2.45, 2.75) is 26.9 Å². The molecule has 0 fully saturated rings. The summed E-state index contributed by atoms with van der Waals surface area (Å²) in [5.74, 6) is 0.793. The van der Waals surface area contributed by atoms with Crippen LogP contribution in [0.3, 0.4) is 0 Å². The minimum atomic E-state index is -1.01. The van der Waals surface area contributed by atoms with Crippen LogP contribution in [0.25, 0.3) is 0 Å². The fourth-order valence-electron chi connectivity index (χ4n) is 0.692. The summed E-state index contributed by atoms with van der Waals surface area (Å²) in [5, 5.41) is 0. The highest BCUT2D eigenvalue weighted by Crippen LogP contribution is 1.97. The maximum absolute atomic E-state index is 10.5. The quantitative estimate of drug-likeness (QED) is 0.353. The number of allylic oxidation sites excluding steroid dienone is 2. The van der Waals surface area contributed by atoms with Crippen LogP contribution in [0.4, 0.5) is 0 Å². The van der Waals surface area contributed by atoms with Crippen LogP contribution in [0.15, 0.2) is 11.8 Å². The first-order chi connectivity index (χ1) is 4.52. The number of rotatable bonds is 3. The summed E-state index contributed by atoms with van der Waals surface area (Å²) in [6, 6.07) is 0. The molecule has 0 spiro atoms. The lowest BCUT2D eigenvalue weighted by atomic mass is 10.4. The van der Waals surface area contributed by atoms with Crippen molar-refractivity contribution >= 4 is 14.8 Å². The van der Waals surface area contributed by atoms with Crippen LogP contribution in [0.2, 0.25) is 13.1 Å². The predicted molar refractivity (Wildman–Crippen MR) is 44.4 cm³/mol. The number of carbonyl (C=O) groups is 1. The molecule has 0 aliphatic carbocycles. The molecule has 0 N–H and O–H groups in total. The summed E-state index contributed by atoms with van der Waals surface area (Å²) in [6.45, 7) is 7.47. The zero-order valence-corrected chi connectivity index (χ0v) is 8.13. The van der Waals surface area contributed by atoms with Crippen molar-refractivity contribution in [2.24, 2.45) is 0 Å². The minimum Gasteiger partial charge on any atom is -0.550 e. The molecule has 0 unspecified atom stereocenters. The third kappa shape index (κ3) is 5.56. The van der Waals surface area contributed by atoms with Gasteiger partial charge in [0.1, 0.15) is 0 Å². The van der Waals surface area contributed by atoms with E-state index >= 15 is 0 Å². The van der Waals surface area contributed by atoms with Crippen LogP contribution in [-0.2, 0) is 9.22 Å². The molecule has 0 aromatic carbocycles. The van der Waals surface area contributed by atoms with Gasteiger partial charge in [0.05, 0.1) is 5.76 Å². The molecule has 10 heavy (non-hydrogen) atoms. The molecule has 0 saturated carbocycles. The van der Waals surface area contributed by atoms with Gasteiger partial charge in [-0.15, -0.1) is 0 Å². The Labute approximate surface area is 63.6 Å². The fraction of sp³-hybridized carbons (Fsp3) is 0.571. The lowest BCUT2D eigenvalue weighted by molar-refractivity contribution is -0.112. The van der Waals surface area contributed by atoms with Gasteiger partial charge in [-0.05, 0) is 26.9 Å². The van der Waals surface area contributed by atoms with E-state index in [1.165, 1.54) is 13.0 Å². The molecule has 0 radical (unpaired) electrons.